The van der Waals surface area contributed by atoms with Crippen LogP contribution >= 0.6 is 23.2 Å². The van der Waals surface area contributed by atoms with E-state index in [4.69, 9.17) is 28.9 Å². The maximum Gasteiger partial charge on any atom is 0.261 e. The molecule has 0 aliphatic rings. The predicted molar refractivity (Wildman–Crippen MR) is 95.6 cm³/mol. The molecule has 0 radical (unpaired) electrons. The first kappa shape index (κ1) is 15.9. The van der Waals surface area contributed by atoms with Crippen molar-refractivity contribution in [3.63, 3.8) is 0 Å². The van der Waals surface area contributed by atoms with Crippen molar-refractivity contribution in [2.75, 3.05) is 10.5 Å². The number of nitrogens with one attached hydrogen (secondary N) is 1. The van der Waals surface area contributed by atoms with Crippen molar-refractivity contribution in [1.29, 1.82) is 0 Å². The Morgan fingerprint density at radius 2 is 1.61 bits per heavy atom. The van der Waals surface area contributed by atoms with Crippen LogP contribution in [0.4, 0.5) is 11.4 Å². The number of halogens is 2. The number of benzene rings is 3. The second-order valence-electron chi connectivity index (χ2n) is 4.99. The van der Waals surface area contributed by atoms with E-state index in [1.807, 2.05) is 12.1 Å². The molecule has 0 saturated heterocycles. The molecule has 0 spiro atoms. The fraction of sp³-hybridized carbons (Fsp3) is 0. The summed E-state index contributed by atoms with van der Waals surface area (Å²) >= 11 is 11.7. The number of nitrogen functional groups attached to an aromatic ring is 1. The van der Waals surface area contributed by atoms with Gasteiger partial charge in [0.05, 0.1) is 4.90 Å². The minimum Gasteiger partial charge on any atom is -0.398 e. The van der Waals surface area contributed by atoms with E-state index in [0.29, 0.717) is 11.4 Å². The first-order valence-electron chi connectivity index (χ1n) is 6.62. The van der Waals surface area contributed by atoms with Crippen LogP contribution in [0.3, 0.4) is 0 Å². The first-order chi connectivity index (χ1) is 10.8. The Labute approximate surface area is 143 Å². The van der Waals surface area contributed by atoms with Crippen molar-refractivity contribution in [2.45, 2.75) is 4.90 Å². The molecule has 4 nitrogen and oxygen atoms in total. The third-order valence-electron chi connectivity index (χ3n) is 3.31. The van der Waals surface area contributed by atoms with Crippen LogP contribution in [0, 0.1) is 0 Å². The van der Waals surface area contributed by atoms with Gasteiger partial charge in [-0.3, -0.25) is 4.72 Å². The van der Waals surface area contributed by atoms with Crippen LogP contribution in [0.1, 0.15) is 0 Å². The number of rotatable bonds is 3. The molecule has 0 aliphatic carbocycles. The van der Waals surface area contributed by atoms with E-state index in [2.05, 4.69) is 4.72 Å². The second kappa shape index (κ2) is 5.92. The van der Waals surface area contributed by atoms with E-state index < -0.39 is 10.0 Å². The van der Waals surface area contributed by atoms with E-state index in [9.17, 15) is 8.42 Å². The minimum atomic E-state index is -3.79. The lowest BCUT2D eigenvalue weighted by Gasteiger charge is -2.10. The topological polar surface area (TPSA) is 72.2 Å². The number of anilines is 2. The van der Waals surface area contributed by atoms with Gasteiger partial charge in [-0.1, -0.05) is 41.4 Å². The van der Waals surface area contributed by atoms with Gasteiger partial charge in [0, 0.05) is 26.8 Å². The number of nitrogens with two attached hydrogens (primary N) is 1. The van der Waals surface area contributed by atoms with Gasteiger partial charge in [-0.2, -0.15) is 0 Å². The zero-order valence-electron chi connectivity index (χ0n) is 11.8. The number of sulfonamides is 1. The van der Waals surface area contributed by atoms with E-state index >= 15 is 0 Å². The molecule has 118 valence electrons. The molecule has 0 fully saturated rings. The van der Waals surface area contributed by atoms with Crippen molar-refractivity contribution in [3.05, 3.63) is 64.6 Å². The molecular formula is C16H12Cl2N2O2S. The Morgan fingerprint density at radius 3 is 2.30 bits per heavy atom. The summed E-state index contributed by atoms with van der Waals surface area (Å²) in [5, 5.41) is 2.21. The summed E-state index contributed by atoms with van der Waals surface area (Å²) in [5.41, 5.74) is 6.96. The Hall–Kier alpha value is -1.95. The third kappa shape index (κ3) is 3.37. The summed E-state index contributed by atoms with van der Waals surface area (Å²) < 4.78 is 27.4. The van der Waals surface area contributed by atoms with Crippen LogP contribution in [0.15, 0.2) is 59.5 Å². The number of hydrogen-bond acceptors (Lipinski definition) is 3. The molecule has 23 heavy (non-hydrogen) atoms. The maximum atomic E-state index is 12.5. The SMILES string of the molecule is Nc1cccc2cc(NS(=O)(=O)c3cc(Cl)cc(Cl)c3)ccc12. The van der Waals surface area contributed by atoms with Crippen molar-refractivity contribution in [1.82, 2.24) is 0 Å². The molecule has 7 heteroatoms. The molecule has 3 rings (SSSR count). The van der Waals surface area contributed by atoms with Gasteiger partial charge in [0.2, 0.25) is 0 Å². The van der Waals surface area contributed by atoms with E-state index in [-0.39, 0.29) is 14.9 Å². The lowest BCUT2D eigenvalue weighted by atomic mass is 10.1. The number of fused-ring (bicyclic) bond motifs is 1. The summed E-state index contributed by atoms with van der Waals surface area (Å²) in [7, 11) is -3.79. The van der Waals surface area contributed by atoms with Gasteiger partial charge in [-0.25, -0.2) is 8.42 Å². The molecule has 0 amide bonds. The van der Waals surface area contributed by atoms with Crippen molar-refractivity contribution < 1.29 is 8.42 Å². The quantitative estimate of drug-likeness (QED) is 0.668. The second-order valence-corrected chi connectivity index (χ2v) is 7.55. The van der Waals surface area contributed by atoms with Crippen LogP contribution in [-0.2, 0) is 10.0 Å². The summed E-state index contributed by atoms with van der Waals surface area (Å²) in [6, 6.07) is 14.8. The summed E-state index contributed by atoms with van der Waals surface area (Å²) in [5.74, 6) is 0. The highest BCUT2D eigenvalue weighted by Gasteiger charge is 2.16. The lowest BCUT2D eigenvalue weighted by molar-refractivity contribution is 0.601. The van der Waals surface area contributed by atoms with Crippen LogP contribution in [0.5, 0.6) is 0 Å². The molecule has 3 N–H and O–H groups in total. The molecule has 0 saturated carbocycles. The van der Waals surface area contributed by atoms with Crippen LogP contribution in [0.2, 0.25) is 10.0 Å². The standard InChI is InChI=1S/C16H12Cl2N2O2S/c17-11-7-12(18)9-14(8-11)23(21,22)20-13-4-5-15-10(6-13)2-1-3-16(15)19/h1-9,20H,19H2. The fourth-order valence-corrected chi connectivity index (χ4v) is 4.04. The van der Waals surface area contributed by atoms with Crippen molar-refractivity contribution in [2.24, 2.45) is 0 Å². The highest BCUT2D eigenvalue weighted by molar-refractivity contribution is 7.92. The normalized spacial score (nSPS) is 11.6. The van der Waals surface area contributed by atoms with E-state index in [1.54, 1.807) is 24.3 Å². The van der Waals surface area contributed by atoms with Crippen molar-refractivity contribution in [3.8, 4) is 0 Å². The average molecular weight is 367 g/mol. The molecule has 3 aromatic carbocycles. The average Bonchev–Trinajstić information content (AvgIpc) is 2.46. The molecule has 0 bridgehead atoms. The monoisotopic (exact) mass is 366 g/mol. The van der Waals surface area contributed by atoms with Gasteiger partial charge < -0.3 is 5.73 Å². The largest absolute Gasteiger partial charge is 0.398 e. The van der Waals surface area contributed by atoms with Gasteiger partial charge in [-0.15, -0.1) is 0 Å². The molecule has 0 aliphatic heterocycles. The highest BCUT2D eigenvalue weighted by Crippen LogP contribution is 2.27. The van der Waals surface area contributed by atoms with Crippen molar-refractivity contribution >= 4 is 55.4 Å². The molecule has 3 aromatic rings. The van der Waals surface area contributed by atoms with Gasteiger partial charge >= 0.3 is 0 Å². The van der Waals surface area contributed by atoms with Gasteiger partial charge in [-0.05, 0) is 41.8 Å². The summed E-state index contributed by atoms with van der Waals surface area (Å²) in [6.07, 6.45) is 0. The summed E-state index contributed by atoms with van der Waals surface area (Å²) in [6.45, 7) is 0. The third-order valence-corrected chi connectivity index (χ3v) is 5.11. The van der Waals surface area contributed by atoms with Gasteiger partial charge in [0.15, 0.2) is 0 Å². The predicted octanol–water partition coefficient (Wildman–Crippen LogP) is 4.53. The first-order valence-corrected chi connectivity index (χ1v) is 8.86. The zero-order valence-corrected chi connectivity index (χ0v) is 14.1. The fourth-order valence-electron chi connectivity index (χ4n) is 2.27. The smallest absolute Gasteiger partial charge is 0.261 e. The van der Waals surface area contributed by atoms with E-state index in [1.165, 1.54) is 18.2 Å². The highest BCUT2D eigenvalue weighted by atomic mass is 35.5. The lowest BCUT2D eigenvalue weighted by Crippen LogP contribution is -2.13. The summed E-state index contributed by atoms with van der Waals surface area (Å²) in [4.78, 5) is 0.00247. The Bertz CT molecular complexity index is 984. The van der Waals surface area contributed by atoms with Gasteiger partial charge in [0.1, 0.15) is 0 Å². The minimum absolute atomic E-state index is 0.00247. The molecule has 0 heterocycles. The molecule has 0 aromatic heterocycles. The number of hydrogen-bond donors (Lipinski definition) is 2. The maximum absolute atomic E-state index is 12.5. The Morgan fingerprint density at radius 1 is 0.913 bits per heavy atom. The van der Waals surface area contributed by atoms with E-state index in [0.717, 1.165) is 10.8 Å². The molecule has 0 atom stereocenters. The van der Waals surface area contributed by atoms with Crippen LogP contribution in [0.25, 0.3) is 10.8 Å². The zero-order chi connectivity index (χ0) is 16.6. The van der Waals surface area contributed by atoms with Gasteiger partial charge in [0.25, 0.3) is 10.0 Å². The Balaban J connectivity index is 2.00. The molecular weight excluding hydrogens is 355 g/mol. The Kier molecular flexibility index (Phi) is 4.10. The molecule has 0 unspecified atom stereocenters. The van der Waals surface area contributed by atoms with Crippen LogP contribution < -0.4 is 10.5 Å². The van der Waals surface area contributed by atoms with Crippen LogP contribution in [-0.4, -0.2) is 8.42 Å².